The summed E-state index contributed by atoms with van der Waals surface area (Å²) in [6.07, 6.45) is 2.58. The largest absolute Gasteiger partial charge is 0.445 e. The quantitative estimate of drug-likeness (QED) is 0.649. The Morgan fingerprint density at radius 3 is 2.42 bits per heavy atom. The summed E-state index contributed by atoms with van der Waals surface area (Å²) in [5.41, 5.74) is 0. The van der Waals surface area contributed by atoms with E-state index >= 15 is 0 Å². The highest BCUT2D eigenvalue weighted by molar-refractivity contribution is 8.14. The zero-order valence-electron chi connectivity index (χ0n) is 14.8. The molecular formula is C17H24N2O6S. The van der Waals surface area contributed by atoms with Gasteiger partial charge in [0.15, 0.2) is 5.12 Å². The molecule has 0 aromatic rings. The van der Waals surface area contributed by atoms with Crippen molar-refractivity contribution >= 4 is 29.1 Å². The fraction of sp³-hybridized carbons (Fsp3) is 0.588. The molecule has 0 unspecified atom stereocenters. The van der Waals surface area contributed by atoms with Crippen LogP contribution in [-0.4, -0.2) is 71.5 Å². The minimum absolute atomic E-state index is 0.00412. The third-order valence-electron chi connectivity index (χ3n) is 4.11. The molecule has 2 heterocycles. The van der Waals surface area contributed by atoms with Gasteiger partial charge in [-0.2, -0.15) is 5.06 Å². The number of likely N-dealkylation sites (tertiary alicyclic amines) is 1. The van der Waals surface area contributed by atoms with Crippen LogP contribution in [0.25, 0.3) is 0 Å². The smallest absolute Gasteiger partial charge is 0.434 e. The third-order valence-corrected chi connectivity index (χ3v) is 5.12. The summed E-state index contributed by atoms with van der Waals surface area (Å²) in [5, 5.41) is 1.16. The van der Waals surface area contributed by atoms with Crippen molar-refractivity contribution in [2.24, 2.45) is 5.92 Å². The van der Waals surface area contributed by atoms with Gasteiger partial charge < -0.3 is 14.4 Å². The molecule has 144 valence electrons. The highest BCUT2D eigenvalue weighted by Crippen LogP contribution is 2.34. The van der Waals surface area contributed by atoms with Crippen LogP contribution in [0.2, 0.25) is 0 Å². The van der Waals surface area contributed by atoms with Gasteiger partial charge in [-0.15, -0.1) is 0 Å². The van der Waals surface area contributed by atoms with Crippen molar-refractivity contribution < 1.29 is 28.7 Å². The highest BCUT2D eigenvalue weighted by atomic mass is 32.2. The first-order valence-corrected chi connectivity index (χ1v) is 9.23. The summed E-state index contributed by atoms with van der Waals surface area (Å²) in [6, 6.07) is -0.179. The molecule has 2 amide bonds. The lowest BCUT2D eigenvalue weighted by Crippen LogP contribution is -2.42. The number of thioether (sulfide) groups is 1. The van der Waals surface area contributed by atoms with E-state index in [-0.39, 0.29) is 42.1 Å². The Labute approximate surface area is 157 Å². The van der Waals surface area contributed by atoms with E-state index in [0.717, 1.165) is 5.06 Å². The molecule has 2 aliphatic rings. The average molecular weight is 384 g/mol. The van der Waals surface area contributed by atoms with Crippen LogP contribution in [0.4, 0.5) is 9.59 Å². The lowest BCUT2D eigenvalue weighted by molar-refractivity contribution is -0.109. The first-order chi connectivity index (χ1) is 12.5. The van der Waals surface area contributed by atoms with E-state index in [1.165, 1.54) is 30.8 Å². The van der Waals surface area contributed by atoms with Gasteiger partial charge in [-0.1, -0.05) is 37.1 Å². The highest BCUT2D eigenvalue weighted by Gasteiger charge is 2.45. The van der Waals surface area contributed by atoms with Crippen LogP contribution in [0.1, 0.15) is 13.3 Å². The molecule has 3 atom stereocenters. The zero-order valence-corrected chi connectivity index (χ0v) is 15.6. The second-order valence-corrected chi connectivity index (χ2v) is 7.51. The third kappa shape index (κ3) is 5.25. The van der Waals surface area contributed by atoms with Gasteiger partial charge in [0, 0.05) is 30.7 Å². The second kappa shape index (κ2) is 9.63. The van der Waals surface area contributed by atoms with Gasteiger partial charge in [0.25, 0.3) is 0 Å². The van der Waals surface area contributed by atoms with Crippen LogP contribution in [0.15, 0.2) is 25.3 Å². The number of amides is 2. The minimum Gasteiger partial charge on any atom is -0.445 e. The van der Waals surface area contributed by atoms with Crippen LogP contribution in [-0.2, 0) is 19.1 Å². The van der Waals surface area contributed by atoms with Crippen molar-refractivity contribution in [2.75, 3.05) is 32.9 Å². The molecule has 2 rings (SSSR count). The average Bonchev–Trinajstić information content (AvgIpc) is 3.23. The maximum Gasteiger partial charge on any atom is 0.434 e. The van der Waals surface area contributed by atoms with Gasteiger partial charge in [0.2, 0.25) is 0 Å². The predicted molar refractivity (Wildman–Crippen MR) is 96.4 cm³/mol. The monoisotopic (exact) mass is 384 g/mol. The lowest BCUT2D eigenvalue weighted by atomic mass is 9.99. The first kappa shape index (κ1) is 20.3. The van der Waals surface area contributed by atoms with Crippen molar-refractivity contribution in [1.29, 1.82) is 0 Å². The van der Waals surface area contributed by atoms with Gasteiger partial charge in [0.05, 0.1) is 13.2 Å². The Bertz CT molecular complexity index is 569. The Morgan fingerprint density at radius 1 is 1.15 bits per heavy atom. The maximum absolute atomic E-state index is 12.4. The Morgan fingerprint density at radius 2 is 1.81 bits per heavy atom. The van der Waals surface area contributed by atoms with Crippen molar-refractivity contribution in [2.45, 2.75) is 24.6 Å². The van der Waals surface area contributed by atoms with Crippen LogP contribution >= 0.6 is 11.8 Å². The molecule has 0 aromatic carbocycles. The molecule has 9 heteroatoms. The van der Waals surface area contributed by atoms with E-state index in [1.807, 2.05) is 0 Å². The van der Waals surface area contributed by atoms with Crippen molar-refractivity contribution in [3.8, 4) is 0 Å². The first-order valence-electron chi connectivity index (χ1n) is 8.35. The van der Waals surface area contributed by atoms with E-state index in [0.29, 0.717) is 19.5 Å². The molecule has 8 nitrogen and oxygen atoms in total. The van der Waals surface area contributed by atoms with Gasteiger partial charge >= 0.3 is 12.2 Å². The topological polar surface area (TPSA) is 85.4 Å². The Hall–Kier alpha value is -2.00. The van der Waals surface area contributed by atoms with E-state index in [9.17, 15) is 14.4 Å². The molecule has 2 saturated heterocycles. The molecule has 0 radical (unpaired) electrons. The minimum atomic E-state index is -0.583. The fourth-order valence-electron chi connectivity index (χ4n) is 3.08. The molecule has 0 N–H and O–H groups in total. The van der Waals surface area contributed by atoms with E-state index in [2.05, 4.69) is 13.2 Å². The van der Waals surface area contributed by atoms with Crippen molar-refractivity contribution in [3.63, 3.8) is 0 Å². The number of ether oxygens (including phenoxy) is 2. The summed E-state index contributed by atoms with van der Waals surface area (Å²) in [6.45, 7) is 9.77. The molecule has 0 bridgehead atoms. The van der Waals surface area contributed by atoms with Gasteiger partial charge in [-0.05, 0) is 6.42 Å². The number of nitrogens with zero attached hydrogens (tertiary/aromatic N) is 2. The fourth-order valence-corrected chi connectivity index (χ4v) is 4.08. The Balaban J connectivity index is 2.02. The standard InChI is InChI=1S/C17H24N2O6S/c1-4-6-23-16(21)18-10-14(26-12(3)20)8-15(18)13-9-19(25-11-13)17(22)24-7-5-2/h4-5,13-15H,1-2,6-11H2,3H3/t13-,14-,15-/m0/s1. The molecule has 2 aliphatic heterocycles. The number of rotatable bonds is 6. The van der Waals surface area contributed by atoms with Gasteiger partial charge in [-0.25, -0.2) is 9.59 Å². The molecule has 26 heavy (non-hydrogen) atoms. The second-order valence-electron chi connectivity index (χ2n) is 6.03. The van der Waals surface area contributed by atoms with E-state index < -0.39 is 12.2 Å². The van der Waals surface area contributed by atoms with Crippen LogP contribution in [0.5, 0.6) is 0 Å². The van der Waals surface area contributed by atoms with Crippen LogP contribution in [0.3, 0.4) is 0 Å². The number of carbonyl (C=O) groups is 3. The van der Waals surface area contributed by atoms with Crippen molar-refractivity contribution in [1.82, 2.24) is 9.96 Å². The number of hydrogen-bond donors (Lipinski definition) is 0. The summed E-state index contributed by atoms with van der Waals surface area (Å²) in [5.74, 6) is -0.0832. The Kier molecular flexibility index (Phi) is 7.52. The molecule has 2 fully saturated rings. The number of hydrogen-bond acceptors (Lipinski definition) is 7. The normalized spacial score (nSPS) is 25.0. The zero-order chi connectivity index (χ0) is 19.1. The summed E-state index contributed by atoms with van der Waals surface area (Å²) >= 11 is 1.22. The van der Waals surface area contributed by atoms with Gasteiger partial charge in [0.1, 0.15) is 13.2 Å². The lowest BCUT2D eigenvalue weighted by Gasteiger charge is -2.27. The summed E-state index contributed by atoms with van der Waals surface area (Å²) < 4.78 is 10.1. The van der Waals surface area contributed by atoms with Crippen LogP contribution in [0, 0.1) is 5.92 Å². The molecule has 0 aliphatic carbocycles. The van der Waals surface area contributed by atoms with E-state index in [1.54, 1.807) is 4.90 Å². The molecular weight excluding hydrogens is 360 g/mol. The van der Waals surface area contributed by atoms with Crippen LogP contribution < -0.4 is 0 Å². The molecule has 0 saturated carbocycles. The number of carbonyl (C=O) groups excluding carboxylic acids is 3. The molecule has 0 spiro atoms. The number of hydroxylamine groups is 2. The van der Waals surface area contributed by atoms with E-state index in [4.69, 9.17) is 14.3 Å². The SMILES string of the molecule is C=CCOC(=O)N1C[C@H]([C@@H]2C[C@H](SC(C)=O)CN2C(=O)OCC=C)CO1. The maximum atomic E-state index is 12.4. The summed E-state index contributed by atoms with van der Waals surface area (Å²) in [4.78, 5) is 42.7. The summed E-state index contributed by atoms with van der Waals surface area (Å²) in [7, 11) is 0. The predicted octanol–water partition coefficient (Wildman–Crippen LogP) is 2.22. The van der Waals surface area contributed by atoms with Crippen molar-refractivity contribution in [3.05, 3.63) is 25.3 Å². The van der Waals surface area contributed by atoms with Gasteiger partial charge in [-0.3, -0.25) is 9.63 Å². The molecule has 0 aromatic heterocycles.